The van der Waals surface area contributed by atoms with Crippen molar-refractivity contribution < 1.29 is 4.79 Å². The van der Waals surface area contributed by atoms with E-state index in [1.165, 1.54) is 11.3 Å². The number of halogens is 2. The molecule has 3 rings (SSSR count). The van der Waals surface area contributed by atoms with Gasteiger partial charge in [0.05, 0.1) is 16.1 Å². The van der Waals surface area contributed by atoms with Crippen molar-refractivity contribution in [2.24, 2.45) is 5.92 Å². The van der Waals surface area contributed by atoms with E-state index in [1.54, 1.807) is 0 Å². The van der Waals surface area contributed by atoms with Gasteiger partial charge in [0.1, 0.15) is 4.33 Å². The van der Waals surface area contributed by atoms with Gasteiger partial charge in [0.15, 0.2) is 5.13 Å². The van der Waals surface area contributed by atoms with Crippen molar-refractivity contribution in [1.29, 1.82) is 0 Å². The fourth-order valence-corrected chi connectivity index (χ4v) is 3.28. The van der Waals surface area contributed by atoms with Gasteiger partial charge in [0.2, 0.25) is 5.91 Å². The summed E-state index contributed by atoms with van der Waals surface area (Å²) < 4.78 is 0.167. The largest absolute Gasteiger partial charge is 0.302 e. The molecule has 1 aliphatic rings. The van der Waals surface area contributed by atoms with Crippen molar-refractivity contribution in [2.75, 3.05) is 5.32 Å². The van der Waals surface area contributed by atoms with Crippen LogP contribution in [0.4, 0.5) is 5.13 Å². The molecule has 1 N–H and O–H groups in total. The molecule has 94 valence electrons. The van der Waals surface area contributed by atoms with Crippen molar-refractivity contribution in [3.63, 3.8) is 0 Å². The highest BCUT2D eigenvalue weighted by molar-refractivity contribution is 7.22. The Hall–Kier alpha value is -0.840. The summed E-state index contributed by atoms with van der Waals surface area (Å²) >= 11 is 13.2. The molecule has 3 nitrogen and oxygen atoms in total. The summed E-state index contributed by atoms with van der Waals surface area (Å²) in [6.45, 7) is 2.00. The van der Waals surface area contributed by atoms with Crippen molar-refractivity contribution in [2.45, 2.75) is 17.7 Å². The van der Waals surface area contributed by atoms with Gasteiger partial charge in [-0.2, -0.15) is 0 Å². The molecule has 0 aliphatic heterocycles. The summed E-state index contributed by atoms with van der Waals surface area (Å²) in [5, 5.41) is 3.37. The van der Waals surface area contributed by atoms with Gasteiger partial charge in [-0.05, 0) is 25.0 Å². The third-order valence-corrected chi connectivity index (χ3v) is 4.76. The number of rotatable bonds is 2. The van der Waals surface area contributed by atoms with Crippen LogP contribution in [-0.4, -0.2) is 15.2 Å². The first-order valence-corrected chi connectivity index (χ1v) is 7.09. The van der Waals surface area contributed by atoms with E-state index >= 15 is 0 Å². The number of hydrogen-bond acceptors (Lipinski definition) is 3. The van der Waals surface area contributed by atoms with E-state index < -0.39 is 4.33 Å². The first-order valence-electron chi connectivity index (χ1n) is 5.52. The lowest BCUT2D eigenvalue weighted by atomic mass is 10.2. The summed E-state index contributed by atoms with van der Waals surface area (Å²) in [7, 11) is 0. The summed E-state index contributed by atoms with van der Waals surface area (Å²) in [4.78, 5) is 16.2. The zero-order valence-corrected chi connectivity index (χ0v) is 11.9. The fraction of sp³-hybridized carbons (Fsp3) is 0.333. The molecule has 1 fully saturated rings. The van der Waals surface area contributed by atoms with Crippen LogP contribution in [0, 0.1) is 12.8 Å². The van der Waals surface area contributed by atoms with Crippen LogP contribution in [0.15, 0.2) is 18.2 Å². The van der Waals surface area contributed by atoms with E-state index in [-0.39, 0.29) is 11.8 Å². The Labute approximate surface area is 118 Å². The highest BCUT2D eigenvalue weighted by atomic mass is 35.5. The average Bonchev–Trinajstić information content (AvgIpc) is 2.74. The quantitative estimate of drug-likeness (QED) is 0.859. The number of fused-ring (bicyclic) bond motifs is 1. The Bertz CT molecular complexity index is 638. The zero-order valence-electron chi connectivity index (χ0n) is 9.54. The maximum Gasteiger partial charge on any atom is 0.232 e. The van der Waals surface area contributed by atoms with Crippen LogP contribution in [0.1, 0.15) is 12.0 Å². The first kappa shape index (κ1) is 12.2. The molecule has 6 heteroatoms. The number of thiazole rings is 1. The number of aromatic nitrogens is 1. The number of nitrogens with one attached hydrogen (secondary N) is 1. The maximum absolute atomic E-state index is 11.8. The van der Waals surface area contributed by atoms with Crippen LogP contribution in [-0.2, 0) is 4.79 Å². The lowest BCUT2D eigenvalue weighted by Gasteiger charge is -2.00. The van der Waals surface area contributed by atoms with Crippen LogP contribution in [0.5, 0.6) is 0 Å². The van der Waals surface area contributed by atoms with Gasteiger partial charge in [-0.15, -0.1) is 23.2 Å². The smallest absolute Gasteiger partial charge is 0.232 e. The molecule has 0 bridgehead atoms. The minimum Gasteiger partial charge on any atom is -0.302 e. The van der Waals surface area contributed by atoms with Crippen LogP contribution < -0.4 is 5.32 Å². The number of alkyl halides is 2. The van der Waals surface area contributed by atoms with Crippen LogP contribution >= 0.6 is 34.5 Å². The summed E-state index contributed by atoms with van der Waals surface area (Å²) in [5.74, 6) is -0.481. The molecule has 1 atom stereocenters. The number of aryl methyl sites for hydroxylation is 1. The van der Waals surface area contributed by atoms with Gasteiger partial charge in [-0.3, -0.25) is 4.79 Å². The molecule has 1 unspecified atom stereocenters. The first-order chi connectivity index (χ1) is 8.47. The highest BCUT2D eigenvalue weighted by Crippen LogP contribution is 2.53. The molecule has 1 heterocycles. The Morgan fingerprint density at radius 2 is 2.28 bits per heavy atom. The molecule has 0 spiro atoms. The monoisotopic (exact) mass is 300 g/mol. The van der Waals surface area contributed by atoms with Gasteiger partial charge in [0.25, 0.3) is 0 Å². The molecule has 1 aliphatic carbocycles. The fourth-order valence-electron chi connectivity index (χ4n) is 1.83. The van der Waals surface area contributed by atoms with Gasteiger partial charge in [-0.25, -0.2) is 4.98 Å². The van der Waals surface area contributed by atoms with Gasteiger partial charge in [-0.1, -0.05) is 23.5 Å². The SMILES string of the molecule is Cc1cccc2sc(NC(=O)C3CC3(Cl)Cl)nc12. The van der Waals surface area contributed by atoms with E-state index in [2.05, 4.69) is 10.3 Å². The molecule has 1 aromatic carbocycles. The molecular formula is C12H10Cl2N2OS. The third kappa shape index (κ3) is 2.09. The van der Waals surface area contributed by atoms with Crippen molar-refractivity contribution in [3.05, 3.63) is 23.8 Å². The zero-order chi connectivity index (χ0) is 12.9. The van der Waals surface area contributed by atoms with E-state index in [0.717, 1.165) is 15.8 Å². The number of para-hydroxylation sites is 1. The highest BCUT2D eigenvalue weighted by Gasteiger charge is 2.56. The minimum absolute atomic E-state index is 0.156. The van der Waals surface area contributed by atoms with Gasteiger partial charge in [0, 0.05) is 0 Å². The Morgan fingerprint density at radius 3 is 2.89 bits per heavy atom. The number of anilines is 1. The normalized spacial score (nSPS) is 20.9. The second-order valence-electron chi connectivity index (χ2n) is 4.45. The Kier molecular flexibility index (Phi) is 2.77. The van der Waals surface area contributed by atoms with E-state index in [4.69, 9.17) is 23.2 Å². The molecule has 1 aromatic heterocycles. The molecule has 1 saturated carbocycles. The maximum atomic E-state index is 11.8. The number of carbonyl (C=O) groups is 1. The second-order valence-corrected chi connectivity index (χ2v) is 7.02. The van der Waals surface area contributed by atoms with Crippen molar-refractivity contribution >= 4 is 55.8 Å². The van der Waals surface area contributed by atoms with E-state index in [0.29, 0.717) is 11.6 Å². The van der Waals surface area contributed by atoms with Gasteiger partial charge >= 0.3 is 0 Å². The number of benzene rings is 1. The average molecular weight is 301 g/mol. The second kappa shape index (κ2) is 4.08. The summed E-state index contributed by atoms with van der Waals surface area (Å²) in [5.41, 5.74) is 2.02. The molecular weight excluding hydrogens is 291 g/mol. The third-order valence-electron chi connectivity index (χ3n) is 2.99. The number of carbonyl (C=O) groups excluding carboxylic acids is 1. The topological polar surface area (TPSA) is 42.0 Å². The van der Waals surface area contributed by atoms with Crippen LogP contribution in [0.3, 0.4) is 0 Å². The lowest BCUT2D eigenvalue weighted by molar-refractivity contribution is -0.117. The van der Waals surface area contributed by atoms with Crippen molar-refractivity contribution in [3.8, 4) is 0 Å². The summed E-state index contributed by atoms with van der Waals surface area (Å²) in [6, 6.07) is 5.96. The standard InChI is InChI=1S/C12H10Cl2N2OS/c1-6-3-2-4-8-9(6)15-11(18-8)16-10(17)7-5-12(7,13)14/h2-4,7H,5H2,1H3,(H,15,16,17). The van der Waals surface area contributed by atoms with Crippen molar-refractivity contribution in [1.82, 2.24) is 4.98 Å². The van der Waals surface area contributed by atoms with Crippen LogP contribution in [0.25, 0.3) is 10.2 Å². The molecule has 0 saturated heterocycles. The molecule has 18 heavy (non-hydrogen) atoms. The minimum atomic E-state index is -0.892. The number of hydrogen-bond donors (Lipinski definition) is 1. The lowest BCUT2D eigenvalue weighted by Crippen LogP contribution is -2.16. The predicted octanol–water partition coefficient (Wildman–Crippen LogP) is 3.74. The number of nitrogens with zero attached hydrogens (tertiary/aromatic N) is 1. The Morgan fingerprint density at radius 1 is 1.56 bits per heavy atom. The molecule has 0 radical (unpaired) electrons. The summed E-state index contributed by atoms with van der Waals surface area (Å²) in [6.07, 6.45) is 0.506. The van der Waals surface area contributed by atoms with E-state index in [9.17, 15) is 4.79 Å². The number of amides is 1. The van der Waals surface area contributed by atoms with Crippen LogP contribution in [0.2, 0.25) is 0 Å². The van der Waals surface area contributed by atoms with E-state index in [1.807, 2.05) is 25.1 Å². The molecule has 1 amide bonds. The Balaban J connectivity index is 1.83. The van der Waals surface area contributed by atoms with Gasteiger partial charge < -0.3 is 5.32 Å². The molecule has 2 aromatic rings. The predicted molar refractivity (Wildman–Crippen MR) is 75.5 cm³/mol.